The number of rotatable bonds is 3. The van der Waals surface area contributed by atoms with Gasteiger partial charge >= 0.3 is 0 Å². The van der Waals surface area contributed by atoms with Gasteiger partial charge in [-0.15, -0.1) is 0 Å². The highest BCUT2D eigenvalue weighted by Crippen LogP contribution is 2.07. The number of hydrogen-bond acceptors (Lipinski definition) is 4. The van der Waals surface area contributed by atoms with Crippen molar-refractivity contribution in [3.63, 3.8) is 0 Å². The predicted molar refractivity (Wildman–Crippen MR) is 54.0 cm³/mol. The number of guanidine groups is 1. The largest absolute Gasteiger partial charge is 0.354 e. The van der Waals surface area contributed by atoms with Gasteiger partial charge in [0.05, 0.1) is 12.6 Å². The maximum absolute atomic E-state index is 4.46. The predicted octanol–water partition coefficient (Wildman–Crippen LogP) is -0.371. The van der Waals surface area contributed by atoms with E-state index in [4.69, 9.17) is 0 Å². The van der Waals surface area contributed by atoms with Gasteiger partial charge < -0.3 is 15.5 Å². The molecule has 0 spiro atoms. The molecule has 0 saturated carbocycles. The molecule has 0 bridgehead atoms. The summed E-state index contributed by atoms with van der Waals surface area (Å²) in [5.74, 6) is 1.12. The van der Waals surface area contributed by atoms with Gasteiger partial charge in [-0.3, -0.25) is 4.99 Å². The second-order valence-electron chi connectivity index (χ2n) is 3.64. The van der Waals surface area contributed by atoms with Crippen LogP contribution in [0.3, 0.4) is 0 Å². The molecule has 2 rings (SSSR count). The smallest absolute Gasteiger partial charge is 0.194 e. The zero-order chi connectivity index (χ0) is 9.10. The van der Waals surface area contributed by atoms with E-state index in [-0.39, 0.29) is 0 Å². The molecule has 0 unspecified atom stereocenters. The third-order valence-corrected chi connectivity index (χ3v) is 2.59. The molecule has 2 aliphatic heterocycles. The number of hydrogen-bond donors (Lipinski definition) is 2. The van der Waals surface area contributed by atoms with Crippen molar-refractivity contribution in [2.45, 2.75) is 19.4 Å². The molecular weight excluding hydrogens is 164 g/mol. The quantitative estimate of drug-likeness (QED) is 0.625. The normalized spacial score (nSPS) is 22.1. The Morgan fingerprint density at radius 1 is 1.54 bits per heavy atom. The lowest BCUT2D eigenvalue weighted by Crippen LogP contribution is -2.60. The van der Waals surface area contributed by atoms with E-state index >= 15 is 0 Å². The first-order valence-electron chi connectivity index (χ1n) is 5.17. The fourth-order valence-corrected chi connectivity index (χ4v) is 1.77. The van der Waals surface area contributed by atoms with Gasteiger partial charge in [-0.05, 0) is 6.42 Å². The van der Waals surface area contributed by atoms with Crippen LogP contribution in [-0.2, 0) is 0 Å². The van der Waals surface area contributed by atoms with Crippen LogP contribution in [0.5, 0.6) is 0 Å². The van der Waals surface area contributed by atoms with E-state index in [0.29, 0.717) is 6.04 Å². The summed E-state index contributed by atoms with van der Waals surface area (Å²) in [7, 11) is 0. The Kier molecular flexibility index (Phi) is 2.68. The van der Waals surface area contributed by atoms with Crippen LogP contribution in [0.1, 0.15) is 13.3 Å². The van der Waals surface area contributed by atoms with Crippen LogP contribution in [0.15, 0.2) is 4.99 Å². The minimum atomic E-state index is 0.671. The van der Waals surface area contributed by atoms with Gasteiger partial charge in [0.2, 0.25) is 0 Å². The zero-order valence-electron chi connectivity index (χ0n) is 8.21. The molecule has 4 nitrogen and oxygen atoms in total. The molecule has 0 amide bonds. The second kappa shape index (κ2) is 3.96. The van der Waals surface area contributed by atoms with Crippen LogP contribution in [-0.4, -0.2) is 49.6 Å². The topological polar surface area (TPSA) is 39.7 Å². The highest BCUT2D eigenvalue weighted by molar-refractivity contribution is 5.81. The molecule has 0 atom stereocenters. The molecule has 2 aliphatic rings. The van der Waals surface area contributed by atoms with Gasteiger partial charge in [-0.2, -0.15) is 0 Å². The van der Waals surface area contributed by atoms with Gasteiger partial charge in [-0.1, -0.05) is 6.92 Å². The Morgan fingerprint density at radius 3 is 2.85 bits per heavy atom. The molecular formula is C9H18N4. The Bertz CT molecular complexity index is 198. The van der Waals surface area contributed by atoms with E-state index < -0.39 is 0 Å². The van der Waals surface area contributed by atoms with Crippen LogP contribution >= 0.6 is 0 Å². The summed E-state index contributed by atoms with van der Waals surface area (Å²) in [6, 6.07) is 0.671. The molecule has 74 valence electrons. The van der Waals surface area contributed by atoms with Crippen LogP contribution in [0.4, 0.5) is 0 Å². The Balaban J connectivity index is 1.94. The minimum absolute atomic E-state index is 0.671. The summed E-state index contributed by atoms with van der Waals surface area (Å²) in [6.45, 7) is 7.51. The molecule has 0 aromatic heterocycles. The Morgan fingerprint density at radius 2 is 2.38 bits per heavy atom. The van der Waals surface area contributed by atoms with E-state index in [0.717, 1.165) is 38.7 Å². The average Bonchev–Trinajstić information content (AvgIpc) is 2.51. The number of nitrogens with one attached hydrogen (secondary N) is 2. The summed E-state index contributed by atoms with van der Waals surface area (Å²) >= 11 is 0. The average molecular weight is 182 g/mol. The van der Waals surface area contributed by atoms with Gasteiger partial charge in [0, 0.05) is 26.2 Å². The number of nitrogens with zero attached hydrogens (tertiary/aromatic N) is 2. The van der Waals surface area contributed by atoms with Crippen molar-refractivity contribution in [1.82, 2.24) is 15.5 Å². The fourth-order valence-electron chi connectivity index (χ4n) is 1.77. The van der Waals surface area contributed by atoms with Crippen molar-refractivity contribution >= 4 is 5.96 Å². The SMILES string of the molecule is CCCN(C1=NCCN1)C1CNC1. The monoisotopic (exact) mass is 182 g/mol. The minimum Gasteiger partial charge on any atom is -0.354 e. The van der Waals surface area contributed by atoms with Crippen molar-refractivity contribution in [3.05, 3.63) is 0 Å². The van der Waals surface area contributed by atoms with E-state index in [1.54, 1.807) is 0 Å². The first-order chi connectivity index (χ1) is 6.42. The van der Waals surface area contributed by atoms with Crippen molar-refractivity contribution in [2.24, 2.45) is 4.99 Å². The summed E-state index contributed by atoms with van der Waals surface area (Å²) in [5, 5.41) is 6.64. The molecule has 13 heavy (non-hydrogen) atoms. The lowest BCUT2D eigenvalue weighted by atomic mass is 10.1. The molecule has 4 heteroatoms. The van der Waals surface area contributed by atoms with Crippen LogP contribution in [0, 0.1) is 0 Å². The van der Waals surface area contributed by atoms with Crippen LogP contribution in [0.25, 0.3) is 0 Å². The molecule has 1 fully saturated rings. The zero-order valence-corrected chi connectivity index (χ0v) is 8.21. The van der Waals surface area contributed by atoms with Gasteiger partial charge in [0.15, 0.2) is 5.96 Å². The van der Waals surface area contributed by atoms with Gasteiger partial charge in [0.1, 0.15) is 0 Å². The van der Waals surface area contributed by atoms with Gasteiger partial charge in [0.25, 0.3) is 0 Å². The maximum Gasteiger partial charge on any atom is 0.194 e. The van der Waals surface area contributed by atoms with E-state index in [9.17, 15) is 0 Å². The standard InChI is InChI=1S/C9H18N4/c1-2-5-13(8-6-10-7-8)9-11-3-4-12-9/h8,10H,2-7H2,1H3,(H,11,12). The molecule has 2 heterocycles. The first kappa shape index (κ1) is 8.81. The number of aliphatic imine (C=N–C) groups is 1. The highest BCUT2D eigenvalue weighted by atomic mass is 15.4. The molecule has 0 aromatic carbocycles. The van der Waals surface area contributed by atoms with E-state index in [1.165, 1.54) is 6.42 Å². The lowest BCUT2D eigenvalue weighted by Gasteiger charge is -2.39. The van der Waals surface area contributed by atoms with E-state index in [1.807, 2.05) is 0 Å². The first-order valence-corrected chi connectivity index (χ1v) is 5.17. The second-order valence-corrected chi connectivity index (χ2v) is 3.64. The molecule has 1 saturated heterocycles. The molecule has 0 radical (unpaired) electrons. The van der Waals surface area contributed by atoms with Crippen molar-refractivity contribution in [3.8, 4) is 0 Å². The van der Waals surface area contributed by atoms with Gasteiger partial charge in [-0.25, -0.2) is 0 Å². The van der Waals surface area contributed by atoms with Crippen molar-refractivity contribution in [2.75, 3.05) is 32.7 Å². The Labute approximate surface area is 79.4 Å². The van der Waals surface area contributed by atoms with Crippen molar-refractivity contribution < 1.29 is 0 Å². The summed E-state index contributed by atoms with van der Waals surface area (Å²) < 4.78 is 0. The Hall–Kier alpha value is -0.770. The maximum atomic E-state index is 4.46. The van der Waals surface area contributed by atoms with Crippen molar-refractivity contribution in [1.29, 1.82) is 0 Å². The van der Waals surface area contributed by atoms with Crippen LogP contribution < -0.4 is 10.6 Å². The molecule has 0 aliphatic carbocycles. The summed E-state index contributed by atoms with van der Waals surface area (Å²) in [4.78, 5) is 6.87. The highest BCUT2D eigenvalue weighted by Gasteiger charge is 2.27. The third-order valence-electron chi connectivity index (χ3n) is 2.59. The molecule has 0 aromatic rings. The summed E-state index contributed by atoms with van der Waals surface area (Å²) in [5.41, 5.74) is 0. The lowest BCUT2D eigenvalue weighted by molar-refractivity contribution is 0.227. The fraction of sp³-hybridized carbons (Fsp3) is 0.889. The van der Waals surface area contributed by atoms with Crippen LogP contribution in [0.2, 0.25) is 0 Å². The summed E-state index contributed by atoms with van der Waals surface area (Å²) in [6.07, 6.45) is 1.19. The molecule has 2 N–H and O–H groups in total. The third kappa shape index (κ3) is 1.77. The van der Waals surface area contributed by atoms with E-state index in [2.05, 4.69) is 27.4 Å².